The van der Waals surface area contributed by atoms with Crippen molar-refractivity contribution in [2.75, 3.05) is 23.7 Å². The highest BCUT2D eigenvalue weighted by atomic mass is 14.9. The zero-order valence-electron chi connectivity index (χ0n) is 10.7. The molecule has 0 radical (unpaired) electrons. The van der Waals surface area contributed by atoms with Crippen molar-refractivity contribution in [3.05, 3.63) is 24.3 Å². The molecule has 0 aliphatic rings. The molecular formula is C14H24N2. The summed E-state index contributed by atoms with van der Waals surface area (Å²) in [5.74, 6) is 0.786. The molecule has 0 heterocycles. The molecule has 0 fully saturated rings. The van der Waals surface area contributed by atoms with Crippen molar-refractivity contribution in [2.45, 2.75) is 33.6 Å². The van der Waals surface area contributed by atoms with Crippen molar-refractivity contribution < 1.29 is 0 Å². The third-order valence-electron chi connectivity index (χ3n) is 3.02. The van der Waals surface area contributed by atoms with E-state index in [1.165, 1.54) is 24.2 Å². The Morgan fingerprint density at radius 2 is 1.38 bits per heavy atom. The number of anilines is 2. The molecule has 2 N–H and O–H groups in total. The van der Waals surface area contributed by atoms with Gasteiger partial charge in [-0.15, -0.1) is 0 Å². The van der Waals surface area contributed by atoms with E-state index in [1.807, 2.05) is 0 Å². The fraction of sp³-hybridized carbons (Fsp3) is 0.571. The molecular weight excluding hydrogens is 196 g/mol. The first kappa shape index (κ1) is 12.9. The molecule has 90 valence electrons. The molecule has 0 unspecified atom stereocenters. The molecule has 0 bridgehead atoms. The number of nitrogens with one attached hydrogen (secondary N) is 2. The van der Waals surface area contributed by atoms with Crippen LogP contribution in [0.2, 0.25) is 0 Å². The van der Waals surface area contributed by atoms with Crippen LogP contribution in [0, 0.1) is 5.92 Å². The lowest BCUT2D eigenvalue weighted by molar-refractivity contribution is 0.519. The highest BCUT2D eigenvalue weighted by Gasteiger charge is 2.02. The molecule has 0 aliphatic carbocycles. The van der Waals surface area contributed by atoms with Gasteiger partial charge in [-0.25, -0.2) is 0 Å². The Morgan fingerprint density at radius 3 is 1.81 bits per heavy atom. The van der Waals surface area contributed by atoms with Crippen molar-refractivity contribution >= 4 is 11.4 Å². The van der Waals surface area contributed by atoms with E-state index in [4.69, 9.17) is 0 Å². The van der Waals surface area contributed by atoms with Crippen molar-refractivity contribution in [3.63, 3.8) is 0 Å². The standard InChI is InChI=1S/C14H24N2/c1-4-12(5-2)11-16-14-9-7-13(8-10-14)15-6-3/h7-10,12,15-16H,4-6,11H2,1-3H3. The number of benzene rings is 1. The van der Waals surface area contributed by atoms with Crippen LogP contribution in [-0.4, -0.2) is 13.1 Å². The van der Waals surface area contributed by atoms with E-state index in [2.05, 4.69) is 55.7 Å². The summed E-state index contributed by atoms with van der Waals surface area (Å²) in [4.78, 5) is 0. The number of rotatable bonds is 7. The Hall–Kier alpha value is -1.18. The van der Waals surface area contributed by atoms with E-state index in [0.29, 0.717) is 0 Å². The summed E-state index contributed by atoms with van der Waals surface area (Å²) in [5.41, 5.74) is 2.41. The zero-order valence-corrected chi connectivity index (χ0v) is 10.7. The maximum absolute atomic E-state index is 3.49. The largest absolute Gasteiger partial charge is 0.385 e. The van der Waals surface area contributed by atoms with E-state index in [-0.39, 0.29) is 0 Å². The van der Waals surface area contributed by atoms with Gasteiger partial charge in [0.05, 0.1) is 0 Å². The molecule has 0 amide bonds. The van der Waals surface area contributed by atoms with Crippen LogP contribution in [0.3, 0.4) is 0 Å². The van der Waals surface area contributed by atoms with Gasteiger partial charge in [-0.3, -0.25) is 0 Å². The van der Waals surface area contributed by atoms with E-state index in [9.17, 15) is 0 Å². The Balaban J connectivity index is 2.42. The molecule has 0 aromatic heterocycles. The van der Waals surface area contributed by atoms with Gasteiger partial charge < -0.3 is 10.6 Å². The Morgan fingerprint density at radius 1 is 0.875 bits per heavy atom. The molecule has 1 rings (SSSR count). The zero-order chi connectivity index (χ0) is 11.8. The fourth-order valence-corrected chi connectivity index (χ4v) is 1.75. The van der Waals surface area contributed by atoms with Crippen molar-refractivity contribution in [2.24, 2.45) is 5.92 Å². The van der Waals surface area contributed by atoms with Gasteiger partial charge >= 0.3 is 0 Å². The molecule has 16 heavy (non-hydrogen) atoms. The third kappa shape index (κ3) is 4.13. The second kappa shape index (κ2) is 7.15. The highest BCUT2D eigenvalue weighted by molar-refractivity contribution is 5.53. The van der Waals surface area contributed by atoms with Gasteiger partial charge in [0.2, 0.25) is 0 Å². The number of hydrogen-bond acceptors (Lipinski definition) is 2. The first-order valence-electron chi connectivity index (χ1n) is 6.37. The van der Waals surface area contributed by atoms with Gasteiger partial charge in [0.15, 0.2) is 0 Å². The first-order valence-corrected chi connectivity index (χ1v) is 6.37. The highest BCUT2D eigenvalue weighted by Crippen LogP contribution is 2.15. The minimum absolute atomic E-state index is 0.786. The van der Waals surface area contributed by atoms with Crippen LogP contribution in [0.4, 0.5) is 11.4 Å². The molecule has 2 heteroatoms. The minimum Gasteiger partial charge on any atom is -0.385 e. The Bertz CT molecular complexity index is 275. The van der Waals surface area contributed by atoms with Gasteiger partial charge in [-0.05, 0) is 37.1 Å². The second-order valence-corrected chi connectivity index (χ2v) is 4.17. The lowest BCUT2D eigenvalue weighted by Gasteiger charge is -2.14. The molecule has 0 atom stereocenters. The molecule has 0 saturated heterocycles. The van der Waals surface area contributed by atoms with Crippen LogP contribution < -0.4 is 10.6 Å². The lowest BCUT2D eigenvalue weighted by atomic mass is 10.0. The quantitative estimate of drug-likeness (QED) is 0.726. The van der Waals surface area contributed by atoms with Crippen LogP contribution in [0.25, 0.3) is 0 Å². The molecule has 0 spiro atoms. The summed E-state index contributed by atoms with van der Waals surface area (Å²) in [6.07, 6.45) is 2.50. The summed E-state index contributed by atoms with van der Waals surface area (Å²) in [7, 11) is 0. The molecule has 1 aromatic rings. The predicted octanol–water partition coefficient (Wildman–Crippen LogP) is 3.97. The molecule has 0 aliphatic heterocycles. The lowest BCUT2D eigenvalue weighted by Crippen LogP contribution is -2.12. The molecule has 2 nitrogen and oxygen atoms in total. The average molecular weight is 220 g/mol. The number of hydrogen-bond donors (Lipinski definition) is 2. The fourth-order valence-electron chi connectivity index (χ4n) is 1.75. The third-order valence-corrected chi connectivity index (χ3v) is 3.02. The summed E-state index contributed by atoms with van der Waals surface area (Å²) >= 11 is 0. The summed E-state index contributed by atoms with van der Waals surface area (Å²) in [5, 5.41) is 6.78. The maximum Gasteiger partial charge on any atom is 0.0341 e. The van der Waals surface area contributed by atoms with Crippen LogP contribution in [0.1, 0.15) is 33.6 Å². The van der Waals surface area contributed by atoms with E-state index in [1.54, 1.807) is 0 Å². The molecule has 1 aromatic carbocycles. The second-order valence-electron chi connectivity index (χ2n) is 4.17. The van der Waals surface area contributed by atoms with Gasteiger partial charge in [-0.2, -0.15) is 0 Å². The van der Waals surface area contributed by atoms with Gasteiger partial charge in [0.1, 0.15) is 0 Å². The van der Waals surface area contributed by atoms with E-state index in [0.717, 1.165) is 19.0 Å². The molecule has 0 saturated carbocycles. The summed E-state index contributed by atoms with van der Waals surface area (Å²) in [6.45, 7) is 8.67. The van der Waals surface area contributed by atoms with E-state index >= 15 is 0 Å². The van der Waals surface area contributed by atoms with Crippen molar-refractivity contribution in [1.29, 1.82) is 0 Å². The smallest absolute Gasteiger partial charge is 0.0341 e. The van der Waals surface area contributed by atoms with Crippen LogP contribution >= 0.6 is 0 Å². The minimum atomic E-state index is 0.786. The average Bonchev–Trinajstić information content (AvgIpc) is 2.33. The van der Waals surface area contributed by atoms with Crippen molar-refractivity contribution in [1.82, 2.24) is 0 Å². The summed E-state index contributed by atoms with van der Waals surface area (Å²) < 4.78 is 0. The first-order chi connectivity index (χ1) is 7.80. The van der Waals surface area contributed by atoms with Gasteiger partial charge in [0.25, 0.3) is 0 Å². The van der Waals surface area contributed by atoms with Crippen LogP contribution in [-0.2, 0) is 0 Å². The Kier molecular flexibility index (Phi) is 5.76. The Labute approximate surface area is 99.5 Å². The topological polar surface area (TPSA) is 24.1 Å². The van der Waals surface area contributed by atoms with Crippen LogP contribution in [0.5, 0.6) is 0 Å². The van der Waals surface area contributed by atoms with Crippen LogP contribution in [0.15, 0.2) is 24.3 Å². The van der Waals surface area contributed by atoms with Gasteiger partial charge in [0, 0.05) is 24.5 Å². The van der Waals surface area contributed by atoms with Gasteiger partial charge in [-0.1, -0.05) is 26.7 Å². The summed E-state index contributed by atoms with van der Waals surface area (Å²) in [6, 6.07) is 8.53. The van der Waals surface area contributed by atoms with Crippen molar-refractivity contribution in [3.8, 4) is 0 Å². The van der Waals surface area contributed by atoms with E-state index < -0.39 is 0 Å². The monoisotopic (exact) mass is 220 g/mol. The maximum atomic E-state index is 3.49. The SMILES string of the molecule is CCNc1ccc(NCC(CC)CC)cc1. The predicted molar refractivity (Wildman–Crippen MR) is 73.2 cm³/mol. The normalized spacial score (nSPS) is 10.5.